The summed E-state index contributed by atoms with van der Waals surface area (Å²) in [5.74, 6) is -0.827. The largest absolute Gasteiger partial charge is 0.322 e. The van der Waals surface area contributed by atoms with Gasteiger partial charge in [-0.1, -0.05) is 17.7 Å². The van der Waals surface area contributed by atoms with Crippen molar-refractivity contribution in [3.05, 3.63) is 47.0 Å². The molecule has 94 valence electrons. The van der Waals surface area contributed by atoms with Crippen LogP contribution in [0.5, 0.6) is 0 Å². The predicted molar refractivity (Wildman–Crippen MR) is 67.0 cm³/mol. The molecule has 1 N–H and O–H groups in total. The van der Waals surface area contributed by atoms with Crippen molar-refractivity contribution in [1.29, 1.82) is 0 Å². The molecule has 0 fully saturated rings. The maximum atomic E-state index is 13.4. The molecule has 0 atom stereocenters. The Kier molecular flexibility index (Phi) is 3.62. The average molecular weight is 268 g/mol. The molecule has 4 nitrogen and oxygen atoms in total. The SMILES string of the molecule is Cc1ccc(F)c(NC(=O)Cn2cc(Cl)cn2)c1. The molecule has 0 saturated heterocycles. The van der Waals surface area contributed by atoms with Gasteiger partial charge in [-0.15, -0.1) is 0 Å². The number of aromatic nitrogens is 2. The van der Waals surface area contributed by atoms with Gasteiger partial charge in [-0.2, -0.15) is 5.10 Å². The van der Waals surface area contributed by atoms with Gasteiger partial charge in [0.1, 0.15) is 12.4 Å². The van der Waals surface area contributed by atoms with Crippen molar-refractivity contribution in [2.45, 2.75) is 13.5 Å². The van der Waals surface area contributed by atoms with Crippen LogP contribution in [0.25, 0.3) is 0 Å². The Bertz CT molecular complexity index is 582. The van der Waals surface area contributed by atoms with E-state index in [0.29, 0.717) is 5.02 Å². The second kappa shape index (κ2) is 5.18. The molecule has 1 amide bonds. The van der Waals surface area contributed by atoms with Crippen molar-refractivity contribution in [2.75, 3.05) is 5.32 Å². The van der Waals surface area contributed by atoms with Gasteiger partial charge in [-0.3, -0.25) is 9.48 Å². The van der Waals surface area contributed by atoms with Crippen LogP contribution >= 0.6 is 11.6 Å². The van der Waals surface area contributed by atoms with E-state index in [1.807, 2.05) is 6.92 Å². The number of hydrogen-bond donors (Lipinski definition) is 1. The molecule has 1 heterocycles. The number of anilines is 1. The number of halogens is 2. The summed E-state index contributed by atoms with van der Waals surface area (Å²) in [5.41, 5.74) is 1.03. The van der Waals surface area contributed by atoms with Crippen molar-refractivity contribution in [1.82, 2.24) is 9.78 Å². The molecule has 0 aliphatic carbocycles. The summed E-state index contributed by atoms with van der Waals surface area (Å²) in [6.45, 7) is 1.81. The fourth-order valence-corrected chi connectivity index (χ4v) is 1.65. The number of carbonyl (C=O) groups excluding carboxylic acids is 1. The fourth-order valence-electron chi connectivity index (χ4n) is 1.50. The van der Waals surface area contributed by atoms with Crippen molar-refractivity contribution in [2.24, 2.45) is 0 Å². The van der Waals surface area contributed by atoms with Crippen molar-refractivity contribution < 1.29 is 9.18 Å². The summed E-state index contributed by atoms with van der Waals surface area (Å²) in [6, 6.07) is 4.53. The van der Waals surface area contributed by atoms with E-state index in [1.165, 1.54) is 23.1 Å². The Morgan fingerprint density at radius 1 is 1.56 bits per heavy atom. The maximum Gasteiger partial charge on any atom is 0.246 e. The molecule has 1 aromatic carbocycles. The van der Waals surface area contributed by atoms with Crippen molar-refractivity contribution in [3.8, 4) is 0 Å². The van der Waals surface area contributed by atoms with Gasteiger partial charge < -0.3 is 5.32 Å². The highest BCUT2D eigenvalue weighted by Crippen LogP contribution is 2.15. The van der Waals surface area contributed by atoms with E-state index in [4.69, 9.17) is 11.6 Å². The average Bonchev–Trinajstić information content (AvgIpc) is 2.69. The highest BCUT2D eigenvalue weighted by molar-refractivity contribution is 6.30. The van der Waals surface area contributed by atoms with E-state index in [1.54, 1.807) is 12.1 Å². The highest BCUT2D eigenvalue weighted by atomic mass is 35.5. The maximum absolute atomic E-state index is 13.4. The third-order valence-corrected chi connectivity index (χ3v) is 2.50. The lowest BCUT2D eigenvalue weighted by molar-refractivity contribution is -0.116. The van der Waals surface area contributed by atoms with Crippen LogP contribution in [0, 0.1) is 12.7 Å². The molecule has 1 aromatic heterocycles. The molecular weight excluding hydrogens is 257 g/mol. The van der Waals surface area contributed by atoms with E-state index in [9.17, 15) is 9.18 Å². The zero-order valence-electron chi connectivity index (χ0n) is 9.65. The predicted octanol–water partition coefficient (Wildman–Crippen LogP) is 2.62. The standard InChI is InChI=1S/C12H11ClFN3O/c1-8-2-3-10(14)11(4-8)16-12(18)7-17-6-9(13)5-15-17/h2-6H,7H2,1H3,(H,16,18). The normalized spacial score (nSPS) is 10.4. The molecule has 0 radical (unpaired) electrons. The van der Waals surface area contributed by atoms with Crippen LogP contribution in [0.4, 0.5) is 10.1 Å². The molecule has 0 spiro atoms. The summed E-state index contributed by atoms with van der Waals surface area (Å²) >= 11 is 5.68. The van der Waals surface area contributed by atoms with Gasteiger partial charge >= 0.3 is 0 Å². The van der Waals surface area contributed by atoms with Crippen LogP contribution in [0.15, 0.2) is 30.6 Å². The van der Waals surface area contributed by atoms with Gasteiger partial charge in [0.05, 0.1) is 16.9 Å². The Labute approximate surface area is 108 Å². The first kappa shape index (κ1) is 12.6. The first-order valence-corrected chi connectivity index (χ1v) is 5.66. The van der Waals surface area contributed by atoms with Gasteiger partial charge in [-0.25, -0.2) is 4.39 Å². The second-order valence-corrected chi connectivity index (χ2v) is 4.32. The van der Waals surface area contributed by atoms with Crippen LogP contribution < -0.4 is 5.32 Å². The smallest absolute Gasteiger partial charge is 0.246 e. The summed E-state index contributed by atoms with van der Waals surface area (Å²) in [6.07, 6.45) is 2.95. The Morgan fingerprint density at radius 2 is 2.33 bits per heavy atom. The molecule has 6 heteroatoms. The van der Waals surface area contributed by atoms with Crippen LogP contribution in [0.3, 0.4) is 0 Å². The molecule has 2 rings (SSSR count). The molecular formula is C12H11ClFN3O. The topological polar surface area (TPSA) is 46.9 Å². The van der Waals surface area contributed by atoms with E-state index >= 15 is 0 Å². The van der Waals surface area contributed by atoms with Gasteiger partial charge in [0.25, 0.3) is 0 Å². The quantitative estimate of drug-likeness (QED) is 0.929. The third kappa shape index (κ3) is 3.07. The van der Waals surface area contributed by atoms with E-state index in [2.05, 4.69) is 10.4 Å². The van der Waals surface area contributed by atoms with Crippen LogP contribution in [-0.4, -0.2) is 15.7 Å². The summed E-state index contributed by atoms with van der Waals surface area (Å²) in [7, 11) is 0. The van der Waals surface area contributed by atoms with Crippen LogP contribution in [-0.2, 0) is 11.3 Å². The minimum atomic E-state index is -0.465. The van der Waals surface area contributed by atoms with Crippen LogP contribution in [0.1, 0.15) is 5.56 Å². The number of hydrogen-bond acceptors (Lipinski definition) is 2. The number of amides is 1. The molecule has 0 bridgehead atoms. The molecule has 18 heavy (non-hydrogen) atoms. The number of rotatable bonds is 3. The lowest BCUT2D eigenvalue weighted by Crippen LogP contribution is -2.19. The minimum absolute atomic E-state index is 0.0138. The first-order valence-electron chi connectivity index (χ1n) is 5.28. The number of nitrogens with zero attached hydrogens (tertiary/aromatic N) is 2. The lowest BCUT2D eigenvalue weighted by Gasteiger charge is -2.07. The number of carbonyl (C=O) groups is 1. The van der Waals surface area contributed by atoms with Crippen molar-refractivity contribution in [3.63, 3.8) is 0 Å². The number of nitrogens with one attached hydrogen (secondary N) is 1. The summed E-state index contributed by atoms with van der Waals surface area (Å²) < 4.78 is 14.8. The minimum Gasteiger partial charge on any atom is -0.322 e. The van der Waals surface area contributed by atoms with Crippen molar-refractivity contribution >= 4 is 23.2 Å². The van der Waals surface area contributed by atoms with Gasteiger partial charge in [0, 0.05) is 6.20 Å². The third-order valence-electron chi connectivity index (χ3n) is 2.30. The lowest BCUT2D eigenvalue weighted by atomic mass is 10.2. The van der Waals surface area contributed by atoms with Gasteiger partial charge in [0.2, 0.25) is 5.91 Å². The number of aryl methyl sites for hydroxylation is 1. The Morgan fingerprint density at radius 3 is 3.00 bits per heavy atom. The molecule has 0 aliphatic rings. The Balaban J connectivity index is 2.05. The second-order valence-electron chi connectivity index (χ2n) is 3.89. The zero-order chi connectivity index (χ0) is 13.1. The van der Waals surface area contributed by atoms with E-state index < -0.39 is 5.82 Å². The summed E-state index contributed by atoms with van der Waals surface area (Å²) in [5, 5.41) is 6.81. The van der Waals surface area contributed by atoms with E-state index in [0.717, 1.165) is 5.56 Å². The van der Waals surface area contributed by atoms with Gasteiger partial charge in [-0.05, 0) is 24.6 Å². The first-order chi connectivity index (χ1) is 8.54. The fraction of sp³-hybridized carbons (Fsp3) is 0.167. The monoisotopic (exact) mass is 267 g/mol. The number of benzene rings is 1. The zero-order valence-corrected chi connectivity index (χ0v) is 10.4. The summed E-state index contributed by atoms with van der Waals surface area (Å²) in [4.78, 5) is 11.7. The van der Waals surface area contributed by atoms with E-state index in [-0.39, 0.29) is 18.1 Å². The molecule has 0 saturated carbocycles. The molecule has 0 aliphatic heterocycles. The highest BCUT2D eigenvalue weighted by Gasteiger charge is 2.08. The Hall–Kier alpha value is -1.88. The molecule has 2 aromatic rings. The molecule has 0 unspecified atom stereocenters. The van der Waals surface area contributed by atoms with Crippen LogP contribution in [0.2, 0.25) is 5.02 Å². The van der Waals surface area contributed by atoms with Gasteiger partial charge in [0.15, 0.2) is 0 Å².